The van der Waals surface area contributed by atoms with E-state index in [1.807, 2.05) is 19.2 Å². The van der Waals surface area contributed by atoms with Gasteiger partial charge >= 0.3 is 0 Å². The van der Waals surface area contributed by atoms with Crippen molar-refractivity contribution in [2.45, 2.75) is 45.3 Å². The fourth-order valence-corrected chi connectivity index (χ4v) is 1.88. The highest BCUT2D eigenvalue weighted by Gasteiger charge is 2.26. The van der Waals surface area contributed by atoms with Crippen molar-refractivity contribution in [2.75, 3.05) is 6.54 Å². The largest absolute Gasteiger partial charge is 0.389 e. The van der Waals surface area contributed by atoms with Gasteiger partial charge in [0.2, 0.25) is 0 Å². The Morgan fingerprint density at radius 3 is 2.60 bits per heavy atom. The summed E-state index contributed by atoms with van der Waals surface area (Å²) in [5.41, 5.74) is -0.818. The van der Waals surface area contributed by atoms with Gasteiger partial charge in [-0.3, -0.25) is 0 Å². The molecule has 3 nitrogen and oxygen atoms in total. The van der Waals surface area contributed by atoms with E-state index in [9.17, 15) is 5.11 Å². The third-order valence-corrected chi connectivity index (χ3v) is 3.74. The van der Waals surface area contributed by atoms with E-state index in [2.05, 4.69) is 24.1 Å². The first-order chi connectivity index (χ1) is 6.87. The van der Waals surface area contributed by atoms with Crippen molar-refractivity contribution in [3.05, 3.63) is 16.6 Å². The van der Waals surface area contributed by atoms with Crippen LogP contribution in [0.4, 0.5) is 0 Å². The number of aromatic nitrogens is 1. The number of nitrogens with one attached hydrogen (secondary N) is 1. The number of nitrogens with zero attached hydrogens (tertiary/aromatic N) is 1. The van der Waals surface area contributed by atoms with Crippen LogP contribution in [-0.4, -0.2) is 22.2 Å². The van der Waals surface area contributed by atoms with Gasteiger partial charge in [-0.25, -0.2) is 4.98 Å². The molecule has 0 bridgehead atoms. The second-order valence-electron chi connectivity index (χ2n) is 4.67. The highest BCUT2D eigenvalue weighted by atomic mass is 32.1. The Hall–Kier alpha value is -0.450. The number of aliphatic hydroxyl groups is 1. The zero-order chi connectivity index (χ0) is 11.5. The van der Waals surface area contributed by atoms with Crippen LogP contribution in [0.5, 0.6) is 0 Å². The molecule has 0 saturated carbocycles. The van der Waals surface area contributed by atoms with Gasteiger partial charge in [0.15, 0.2) is 0 Å². The van der Waals surface area contributed by atoms with Gasteiger partial charge in [0, 0.05) is 18.1 Å². The summed E-state index contributed by atoms with van der Waals surface area (Å²) in [6.45, 7) is 8.57. The lowest BCUT2D eigenvalue weighted by molar-refractivity contribution is 0.0480. The summed E-state index contributed by atoms with van der Waals surface area (Å²) in [7, 11) is 0. The number of hydrogen-bond donors (Lipinski definition) is 2. The van der Waals surface area contributed by atoms with Crippen molar-refractivity contribution in [1.82, 2.24) is 10.3 Å². The monoisotopic (exact) mass is 228 g/mol. The van der Waals surface area contributed by atoms with E-state index in [0.717, 1.165) is 11.4 Å². The molecule has 0 aromatic carbocycles. The minimum atomic E-state index is -0.644. The summed E-state index contributed by atoms with van der Waals surface area (Å²) in [4.78, 5) is 4.29. The Bertz CT molecular complexity index is 294. The predicted molar refractivity (Wildman–Crippen MR) is 64.1 cm³/mol. The maximum atomic E-state index is 9.90. The van der Waals surface area contributed by atoms with Gasteiger partial charge in [-0.15, -0.1) is 11.3 Å². The third-order valence-electron chi connectivity index (χ3n) is 2.64. The summed E-state index contributed by atoms with van der Waals surface area (Å²) >= 11 is 1.63. The molecule has 1 rings (SSSR count). The van der Waals surface area contributed by atoms with Crippen LogP contribution in [0.1, 0.15) is 39.1 Å². The first-order valence-corrected chi connectivity index (χ1v) is 6.13. The fourth-order valence-electron chi connectivity index (χ4n) is 1.14. The molecule has 0 radical (unpaired) electrons. The standard InChI is InChI=1S/C11H20N2OS/c1-5-11(4,14)8-13-10(2,3)9-12-6-7-15-9/h6-7,13-14H,5,8H2,1-4H3. The van der Waals surface area contributed by atoms with Crippen LogP contribution in [0.2, 0.25) is 0 Å². The number of thiazole rings is 1. The SMILES string of the molecule is CCC(C)(O)CNC(C)(C)c1nccs1. The van der Waals surface area contributed by atoms with Crippen molar-refractivity contribution in [1.29, 1.82) is 0 Å². The highest BCUT2D eigenvalue weighted by Crippen LogP contribution is 2.22. The molecule has 0 spiro atoms. The van der Waals surface area contributed by atoms with Crippen molar-refractivity contribution < 1.29 is 5.11 Å². The van der Waals surface area contributed by atoms with Crippen LogP contribution in [-0.2, 0) is 5.54 Å². The quantitative estimate of drug-likeness (QED) is 0.811. The molecule has 4 heteroatoms. The molecule has 1 unspecified atom stereocenters. The molecule has 1 aromatic rings. The van der Waals surface area contributed by atoms with E-state index in [1.165, 1.54) is 0 Å². The van der Waals surface area contributed by atoms with Crippen LogP contribution < -0.4 is 5.32 Å². The molecular formula is C11H20N2OS. The Balaban J connectivity index is 2.58. The zero-order valence-corrected chi connectivity index (χ0v) is 10.7. The van der Waals surface area contributed by atoms with Crippen molar-refractivity contribution in [2.24, 2.45) is 0 Å². The maximum Gasteiger partial charge on any atom is 0.112 e. The average Bonchev–Trinajstić information content (AvgIpc) is 2.69. The van der Waals surface area contributed by atoms with Gasteiger partial charge in [-0.2, -0.15) is 0 Å². The topological polar surface area (TPSA) is 45.1 Å². The van der Waals surface area contributed by atoms with E-state index in [0.29, 0.717) is 6.54 Å². The minimum absolute atomic E-state index is 0.173. The smallest absolute Gasteiger partial charge is 0.112 e. The Morgan fingerprint density at radius 2 is 2.13 bits per heavy atom. The Kier molecular flexibility index (Phi) is 3.87. The third kappa shape index (κ3) is 3.55. The van der Waals surface area contributed by atoms with Crippen LogP contribution in [0, 0.1) is 0 Å². The van der Waals surface area contributed by atoms with Gasteiger partial charge in [0.05, 0.1) is 11.1 Å². The van der Waals surface area contributed by atoms with Crippen LogP contribution in [0.15, 0.2) is 11.6 Å². The lowest BCUT2D eigenvalue weighted by atomic mass is 10.0. The lowest BCUT2D eigenvalue weighted by Crippen LogP contribution is -2.45. The summed E-state index contributed by atoms with van der Waals surface area (Å²) in [6, 6.07) is 0. The normalized spacial score (nSPS) is 16.3. The molecule has 2 N–H and O–H groups in total. The van der Waals surface area contributed by atoms with E-state index in [1.54, 1.807) is 17.5 Å². The number of rotatable bonds is 5. The molecule has 0 amide bonds. The van der Waals surface area contributed by atoms with E-state index in [4.69, 9.17) is 0 Å². The van der Waals surface area contributed by atoms with Gasteiger partial charge in [-0.1, -0.05) is 6.92 Å². The van der Waals surface area contributed by atoms with Gasteiger partial charge < -0.3 is 10.4 Å². The van der Waals surface area contributed by atoms with E-state index in [-0.39, 0.29) is 5.54 Å². The fraction of sp³-hybridized carbons (Fsp3) is 0.727. The molecule has 0 saturated heterocycles. The van der Waals surface area contributed by atoms with Crippen molar-refractivity contribution in [3.63, 3.8) is 0 Å². The first kappa shape index (κ1) is 12.6. The molecule has 1 aromatic heterocycles. The second kappa shape index (κ2) is 4.60. The van der Waals surface area contributed by atoms with E-state index >= 15 is 0 Å². The summed E-state index contributed by atoms with van der Waals surface area (Å²) in [6.07, 6.45) is 2.55. The maximum absolute atomic E-state index is 9.90. The Labute approximate surface area is 95.6 Å². The molecule has 15 heavy (non-hydrogen) atoms. The molecule has 0 fully saturated rings. The highest BCUT2D eigenvalue weighted by molar-refractivity contribution is 7.09. The molecule has 86 valence electrons. The molecule has 0 aliphatic heterocycles. The predicted octanol–water partition coefficient (Wildman–Crippen LogP) is 2.13. The summed E-state index contributed by atoms with van der Waals surface area (Å²) in [5.74, 6) is 0. The van der Waals surface area contributed by atoms with Gasteiger partial charge in [0.1, 0.15) is 5.01 Å². The molecule has 1 heterocycles. The summed E-state index contributed by atoms with van der Waals surface area (Å²) in [5, 5.41) is 16.3. The first-order valence-electron chi connectivity index (χ1n) is 5.25. The van der Waals surface area contributed by atoms with Crippen LogP contribution in [0.3, 0.4) is 0 Å². The molecule has 1 atom stereocenters. The van der Waals surface area contributed by atoms with Gasteiger partial charge in [-0.05, 0) is 27.2 Å². The zero-order valence-electron chi connectivity index (χ0n) is 9.87. The average molecular weight is 228 g/mol. The van der Waals surface area contributed by atoms with Crippen LogP contribution >= 0.6 is 11.3 Å². The molecular weight excluding hydrogens is 208 g/mol. The minimum Gasteiger partial charge on any atom is -0.389 e. The second-order valence-corrected chi connectivity index (χ2v) is 5.56. The lowest BCUT2D eigenvalue weighted by Gasteiger charge is -2.30. The van der Waals surface area contributed by atoms with Gasteiger partial charge in [0.25, 0.3) is 0 Å². The summed E-state index contributed by atoms with van der Waals surface area (Å²) < 4.78 is 0. The van der Waals surface area contributed by atoms with Crippen molar-refractivity contribution >= 4 is 11.3 Å². The van der Waals surface area contributed by atoms with E-state index < -0.39 is 5.60 Å². The Morgan fingerprint density at radius 1 is 1.47 bits per heavy atom. The molecule has 0 aliphatic carbocycles. The van der Waals surface area contributed by atoms with Crippen molar-refractivity contribution in [3.8, 4) is 0 Å². The number of hydrogen-bond acceptors (Lipinski definition) is 4. The molecule has 0 aliphatic rings. The van der Waals surface area contributed by atoms with Crippen LogP contribution in [0.25, 0.3) is 0 Å².